The monoisotopic (exact) mass is 329 g/mol. The van der Waals surface area contributed by atoms with Gasteiger partial charge in [-0.3, -0.25) is 0 Å². The van der Waals surface area contributed by atoms with Gasteiger partial charge < -0.3 is 15.4 Å². The second-order valence-corrected chi connectivity index (χ2v) is 6.33. The first-order valence-electron chi connectivity index (χ1n) is 8.35. The molecule has 0 fully saturated rings. The van der Waals surface area contributed by atoms with Crippen molar-refractivity contribution in [2.45, 2.75) is 39.5 Å². The van der Waals surface area contributed by atoms with Gasteiger partial charge in [-0.25, -0.2) is 0 Å². The molecule has 0 radical (unpaired) electrons. The summed E-state index contributed by atoms with van der Waals surface area (Å²) in [5.74, 6) is 1.98. The summed E-state index contributed by atoms with van der Waals surface area (Å²) in [6, 6.07) is 6.40. The predicted octanol–water partition coefficient (Wildman–Crippen LogP) is 3.92. The van der Waals surface area contributed by atoms with Crippen LogP contribution in [0.25, 0.3) is 0 Å². The number of hydrogen-bond donors (Lipinski definition) is 2. The van der Waals surface area contributed by atoms with Crippen LogP contribution in [-0.4, -0.2) is 35.4 Å². The molecule has 0 aliphatic rings. The molecule has 2 rings (SSSR count). The summed E-state index contributed by atoms with van der Waals surface area (Å²) in [5, 5.41) is 14.7. The Labute approximate surface area is 144 Å². The van der Waals surface area contributed by atoms with Crippen LogP contribution >= 0.6 is 0 Å². The lowest BCUT2D eigenvalue weighted by Crippen LogP contribution is -2.11. The Morgan fingerprint density at radius 2 is 1.75 bits per heavy atom. The lowest BCUT2D eigenvalue weighted by molar-refractivity contribution is 0.210. The average molecular weight is 329 g/mol. The summed E-state index contributed by atoms with van der Waals surface area (Å²) < 4.78 is 5.03. The minimum absolute atomic E-state index is 0.405. The molecule has 0 amide bonds. The highest BCUT2D eigenvalue weighted by atomic mass is 16.5. The Hall–Kier alpha value is -2.21. The van der Waals surface area contributed by atoms with Crippen molar-refractivity contribution in [3.8, 4) is 0 Å². The van der Waals surface area contributed by atoms with Crippen LogP contribution in [0.15, 0.2) is 24.4 Å². The first kappa shape index (κ1) is 18.1. The molecule has 1 aromatic heterocycles. The van der Waals surface area contributed by atoms with Crippen molar-refractivity contribution in [1.29, 1.82) is 0 Å². The van der Waals surface area contributed by atoms with Crippen molar-refractivity contribution in [2.24, 2.45) is 0 Å². The van der Waals surface area contributed by atoms with Gasteiger partial charge in [0.2, 0.25) is 5.95 Å². The highest BCUT2D eigenvalue weighted by Crippen LogP contribution is 2.33. The van der Waals surface area contributed by atoms with E-state index in [1.54, 1.807) is 13.3 Å². The number of hydrogen-bond acceptors (Lipinski definition) is 6. The number of rotatable bonds is 8. The highest BCUT2D eigenvalue weighted by Gasteiger charge is 2.15. The average Bonchev–Trinajstić information content (AvgIpc) is 2.55. The Morgan fingerprint density at radius 3 is 2.33 bits per heavy atom. The Balaban J connectivity index is 2.28. The van der Waals surface area contributed by atoms with Crippen molar-refractivity contribution < 1.29 is 4.74 Å². The number of anilines is 3. The van der Waals surface area contributed by atoms with E-state index in [2.05, 4.69) is 71.7 Å². The normalized spacial score (nSPS) is 11.1. The van der Waals surface area contributed by atoms with Gasteiger partial charge in [0.05, 0.1) is 12.8 Å². The quantitative estimate of drug-likeness (QED) is 0.715. The molecule has 0 atom stereocenters. The molecule has 2 N–H and O–H groups in total. The first-order valence-corrected chi connectivity index (χ1v) is 8.35. The van der Waals surface area contributed by atoms with E-state index in [1.165, 1.54) is 11.1 Å². The number of ether oxygens (including phenoxy) is 1. The lowest BCUT2D eigenvalue weighted by Gasteiger charge is -2.20. The van der Waals surface area contributed by atoms with E-state index in [0.29, 0.717) is 36.8 Å². The minimum Gasteiger partial charge on any atom is -0.383 e. The molecular formula is C18H27N5O. The topological polar surface area (TPSA) is 72.0 Å². The summed E-state index contributed by atoms with van der Waals surface area (Å²) in [6.45, 7) is 10.0. The number of methoxy groups -OCH3 is 1. The fraction of sp³-hybridized carbons (Fsp3) is 0.500. The smallest absolute Gasteiger partial charge is 0.249 e. The van der Waals surface area contributed by atoms with E-state index < -0.39 is 0 Å². The van der Waals surface area contributed by atoms with Gasteiger partial charge in [-0.05, 0) is 23.0 Å². The number of para-hydroxylation sites is 1. The zero-order valence-corrected chi connectivity index (χ0v) is 15.1. The molecule has 1 heterocycles. The number of nitrogens with zero attached hydrogens (tertiary/aromatic N) is 3. The van der Waals surface area contributed by atoms with Crippen molar-refractivity contribution >= 4 is 17.5 Å². The standard InChI is InChI=1S/C18H27N5O/c1-12(2)14-7-6-8-15(13(3)4)17(14)22-18-21-16(11-20-23-18)19-9-10-24-5/h6-8,11-13H,9-10H2,1-5H3,(H2,19,21,22,23). The van der Waals surface area contributed by atoms with Crippen LogP contribution < -0.4 is 10.6 Å². The molecule has 0 spiro atoms. The molecular weight excluding hydrogens is 302 g/mol. The molecule has 1 aromatic carbocycles. The molecule has 0 aliphatic heterocycles. The zero-order valence-electron chi connectivity index (χ0n) is 15.1. The third-order valence-electron chi connectivity index (χ3n) is 3.78. The second kappa shape index (κ2) is 8.59. The fourth-order valence-electron chi connectivity index (χ4n) is 2.53. The summed E-state index contributed by atoms with van der Waals surface area (Å²) in [6.07, 6.45) is 1.61. The fourth-order valence-corrected chi connectivity index (χ4v) is 2.53. The summed E-state index contributed by atoms with van der Waals surface area (Å²) in [4.78, 5) is 4.49. The molecule has 0 saturated heterocycles. The van der Waals surface area contributed by atoms with Crippen molar-refractivity contribution in [3.05, 3.63) is 35.5 Å². The largest absolute Gasteiger partial charge is 0.383 e. The Bertz CT molecular complexity index is 631. The van der Waals surface area contributed by atoms with Gasteiger partial charge in [-0.15, -0.1) is 5.10 Å². The Kier molecular flexibility index (Phi) is 6.49. The van der Waals surface area contributed by atoms with Gasteiger partial charge in [0, 0.05) is 19.3 Å². The predicted molar refractivity (Wildman–Crippen MR) is 98.1 cm³/mol. The van der Waals surface area contributed by atoms with Crippen LogP contribution in [0.5, 0.6) is 0 Å². The molecule has 0 bridgehead atoms. The number of aromatic nitrogens is 3. The van der Waals surface area contributed by atoms with Crippen LogP contribution in [0.2, 0.25) is 0 Å². The number of benzene rings is 1. The SMILES string of the molecule is COCCNc1cnnc(Nc2c(C(C)C)cccc2C(C)C)n1. The molecule has 24 heavy (non-hydrogen) atoms. The minimum atomic E-state index is 0.405. The lowest BCUT2D eigenvalue weighted by atomic mass is 9.93. The summed E-state index contributed by atoms with van der Waals surface area (Å²) in [5.41, 5.74) is 3.59. The van der Waals surface area contributed by atoms with E-state index in [1.807, 2.05) is 0 Å². The molecule has 6 nitrogen and oxygen atoms in total. The molecule has 130 valence electrons. The van der Waals surface area contributed by atoms with Gasteiger partial charge in [0.25, 0.3) is 0 Å². The summed E-state index contributed by atoms with van der Waals surface area (Å²) in [7, 11) is 1.67. The van der Waals surface area contributed by atoms with Crippen molar-refractivity contribution in [2.75, 3.05) is 30.9 Å². The Morgan fingerprint density at radius 1 is 1.08 bits per heavy atom. The van der Waals surface area contributed by atoms with E-state index in [-0.39, 0.29) is 0 Å². The summed E-state index contributed by atoms with van der Waals surface area (Å²) >= 11 is 0. The van der Waals surface area contributed by atoms with E-state index in [0.717, 1.165) is 5.69 Å². The van der Waals surface area contributed by atoms with Crippen LogP contribution in [0.4, 0.5) is 17.5 Å². The van der Waals surface area contributed by atoms with Crippen LogP contribution in [-0.2, 0) is 4.74 Å². The van der Waals surface area contributed by atoms with Crippen molar-refractivity contribution in [3.63, 3.8) is 0 Å². The maximum Gasteiger partial charge on any atom is 0.249 e. The number of nitrogens with one attached hydrogen (secondary N) is 2. The van der Waals surface area contributed by atoms with E-state index >= 15 is 0 Å². The van der Waals surface area contributed by atoms with Gasteiger partial charge in [-0.1, -0.05) is 45.9 Å². The van der Waals surface area contributed by atoms with Crippen LogP contribution in [0.1, 0.15) is 50.7 Å². The maximum atomic E-state index is 5.03. The molecule has 0 unspecified atom stereocenters. The van der Waals surface area contributed by atoms with Gasteiger partial charge in [0.15, 0.2) is 5.82 Å². The molecule has 0 saturated carbocycles. The maximum absolute atomic E-state index is 5.03. The van der Waals surface area contributed by atoms with E-state index in [9.17, 15) is 0 Å². The van der Waals surface area contributed by atoms with Crippen molar-refractivity contribution in [1.82, 2.24) is 15.2 Å². The van der Waals surface area contributed by atoms with Gasteiger partial charge >= 0.3 is 0 Å². The first-order chi connectivity index (χ1) is 11.5. The third-order valence-corrected chi connectivity index (χ3v) is 3.78. The third kappa shape index (κ3) is 4.64. The molecule has 6 heteroatoms. The van der Waals surface area contributed by atoms with Gasteiger partial charge in [0.1, 0.15) is 0 Å². The van der Waals surface area contributed by atoms with Crippen LogP contribution in [0.3, 0.4) is 0 Å². The highest BCUT2D eigenvalue weighted by molar-refractivity contribution is 5.65. The molecule has 0 aliphatic carbocycles. The second-order valence-electron chi connectivity index (χ2n) is 6.33. The molecule has 2 aromatic rings. The van der Waals surface area contributed by atoms with E-state index in [4.69, 9.17) is 4.74 Å². The zero-order chi connectivity index (χ0) is 17.5. The van der Waals surface area contributed by atoms with Crippen LogP contribution in [0, 0.1) is 0 Å². The van der Waals surface area contributed by atoms with Gasteiger partial charge in [-0.2, -0.15) is 10.1 Å².